The zero-order chi connectivity index (χ0) is 96.6. The third kappa shape index (κ3) is 55.0. The number of amidine groups is 1. The van der Waals surface area contributed by atoms with Gasteiger partial charge in [-0.05, 0) is 129 Å². The summed E-state index contributed by atoms with van der Waals surface area (Å²) in [5, 5.41) is 63.0. The van der Waals surface area contributed by atoms with Crippen LogP contribution in [0.1, 0.15) is 171 Å². The maximum absolute atomic E-state index is 12.9. The van der Waals surface area contributed by atoms with Crippen LogP contribution in [0.5, 0.6) is 0 Å². The van der Waals surface area contributed by atoms with E-state index < -0.39 is 89.8 Å². The van der Waals surface area contributed by atoms with Crippen LogP contribution in [0.2, 0.25) is 0 Å². The van der Waals surface area contributed by atoms with Crippen molar-refractivity contribution in [3.63, 3.8) is 0 Å². The van der Waals surface area contributed by atoms with E-state index >= 15 is 0 Å². The molecule has 6 aromatic rings. The topological polar surface area (TPSA) is 736 Å². The Morgan fingerprint density at radius 3 is 1.38 bits per heavy atom. The summed E-state index contributed by atoms with van der Waals surface area (Å²) in [7, 11) is 5.24. The molecule has 7 rings (SSSR count). The molecule has 17 N–H and O–H groups in total. The van der Waals surface area contributed by atoms with Gasteiger partial charge in [0.15, 0.2) is 46.3 Å². The van der Waals surface area contributed by atoms with Crippen LogP contribution in [-0.2, 0) is 71.2 Å². The SMILES string of the molecule is C.C.CC(C)(C)OC(=O)Nc1nn2cccnc2c1C(=O)O.CCO.CCOC(=O)/C(C#N)=C(\N)C(Cl)(Cl)Cl.CCOC(=O)C1=C(N)CN=C1N.CCOC(=O)CC#N.CCOC(=O)c1c(N(C(=O)OC(C)(C)C)C(=O)OC(C)(C)C)nn2cccnc12.CCOC(=O)c1c(N)nn2cccnc12.COC(C)CC(OC)OC.N#CC(Cl)(Cl)Cl.N=N.O.O=BC#CO.[HH].[Li+].[OH-]. The minimum atomic E-state index is -1.99. The zero-order valence-corrected chi connectivity index (χ0v) is 77.5. The molecule has 0 spiro atoms. The van der Waals surface area contributed by atoms with Crippen LogP contribution in [0.3, 0.4) is 0 Å². The van der Waals surface area contributed by atoms with Gasteiger partial charge in [0, 0.05) is 78.7 Å². The normalized spacial score (nSPS) is 10.9. The second kappa shape index (κ2) is 70.4. The van der Waals surface area contributed by atoms with Gasteiger partial charge in [0.05, 0.1) is 57.4 Å². The average Bonchev–Trinajstić information content (AvgIpc) is 1.60. The first-order valence-electron chi connectivity index (χ1n) is 35.5. The van der Waals surface area contributed by atoms with Crippen molar-refractivity contribution in [2.75, 3.05) is 83.5 Å². The van der Waals surface area contributed by atoms with E-state index in [0.29, 0.717) is 49.8 Å². The number of nitriles is 3. The van der Waals surface area contributed by atoms with Crippen LogP contribution in [-0.4, -0.2) is 241 Å². The van der Waals surface area contributed by atoms with Crippen molar-refractivity contribution in [3.05, 3.63) is 94.6 Å². The second-order valence-corrected chi connectivity index (χ2v) is 29.6. The first kappa shape index (κ1) is 135. The largest absolute Gasteiger partial charge is 1.00 e. The number of nitrogen functional groups attached to an aromatic ring is 1. The summed E-state index contributed by atoms with van der Waals surface area (Å²) >= 11 is 30.8. The molecule has 129 heavy (non-hydrogen) atoms. The van der Waals surface area contributed by atoms with E-state index in [-0.39, 0.29) is 142 Å². The molecule has 0 radical (unpaired) electrons. The van der Waals surface area contributed by atoms with E-state index in [1.807, 2.05) is 6.92 Å². The molecule has 1 unspecified atom stereocenters. The fourth-order valence-corrected chi connectivity index (χ4v) is 7.89. The number of esters is 5. The molecule has 1 atom stereocenters. The second-order valence-electron chi connectivity index (χ2n) is 25.1. The van der Waals surface area contributed by atoms with Crippen LogP contribution in [0, 0.1) is 57.0 Å². The van der Waals surface area contributed by atoms with Gasteiger partial charge < -0.3 is 96.2 Å². The molecule has 0 aromatic carbocycles. The molecule has 0 saturated heterocycles. The van der Waals surface area contributed by atoms with Crippen molar-refractivity contribution in [3.8, 4) is 30.1 Å². The molecule has 0 fully saturated rings. The monoisotopic (exact) mass is 1940 g/mol. The summed E-state index contributed by atoms with van der Waals surface area (Å²) in [6, 6.07) is 9.49. The summed E-state index contributed by atoms with van der Waals surface area (Å²) in [5.41, 5.74) is 29.5. The Labute approximate surface area is 789 Å². The number of ether oxygens (including phenoxy) is 11. The number of carboxylic acids is 1. The van der Waals surface area contributed by atoms with Gasteiger partial charge in [0.25, 0.3) is 3.79 Å². The molecule has 1 aliphatic rings. The van der Waals surface area contributed by atoms with E-state index in [1.165, 1.54) is 56.6 Å². The number of aromatic nitrogens is 9. The predicted octanol–water partition coefficient (Wildman–Crippen LogP) is 7.45. The van der Waals surface area contributed by atoms with Crippen molar-refractivity contribution in [1.82, 2.24) is 43.8 Å². The van der Waals surface area contributed by atoms with Crippen LogP contribution >= 0.6 is 69.6 Å². The Bertz CT molecular complexity index is 4730. The number of nitrogens with zero attached hydrogens (tertiary/aromatic N) is 14. The van der Waals surface area contributed by atoms with Gasteiger partial charge in [0.1, 0.15) is 63.5 Å². The first-order valence-corrected chi connectivity index (χ1v) is 37.8. The van der Waals surface area contributed by atoms with E-state index in [2.05, 4.69) is 50.0 Å². The van der Waals surface area contributed by atoms with Gasteiger partial charge in [-0.3, -0.25) is 15.1 Å². The Morgan fingerprint density at radius 1 is 0.651 bits per heavy atom. The number of carboxylic acid groups (broad SMARTS) is 1. The molecule has 1 aliphatic heterocycles. The quantitative estimate of drug-likeness (QED) is 0.00459. The molecule has 0 saturated carbocycles. The number of carbonyl (C=O) groups is 9. The summed E-state index contributed by atoms with van der Waals surface area (Å²) in [4.78, 5) is 122. The van der Waals surface area contributed by atoms with Gasteiger partial charge in [-0.25, -0.2) is 77.9 Å². The number of allylic oxidation sites excluding steroid dienone is 1. The number of hydrogen-bond acceptors (Lipinski definition) is 40. The van der Waals surface area contributed by atoms with Gasteiger partial charge in [0.2, 0.25) is 3.79 Å². The Hall–Kier alpha value is -11.6. The number of aliphatic imine (C=N–C) groups is 1. The maximum Gasteiger partial charge on any atom is 1.00 e. The standard InChI is InChI=1S/C19H26N4O6.C12H14N4O4.C9H10N4O2.C7H7Cl3N2O2.C7H11N3O2.C7H16O3.C5H7NO2.C2HBO2.C2Cl3N.C2H6O.2CH4.Li.H2N2.2H2O.H2/c1-8-27-15(24)12-13-20-10-9-11-22(13)21-14(12)23(16(25)28-18(2,3)4)17(26)29-19(5,6)7;1-12(2,3)20-11(19)14-8-7(10(17)18)9-13-5-4-6-16(9)15-8;1-2-15-9(14)6-7(10)12-13-5-3-4-11-8(6)13;1-2-14-6(13)4(3-11)5(12)7(8,9)10;1-2-12-7(11)5-4(8)3-10-6(5)9;1-6(8-2)5-7(9-3)10-4;1-2-8-5(7)3-4-6;4-2-1-3-5;3-2(4,5)1-6;1-2-3;;;;1-2;;;/h9-11H,8H2,1-7H3;4-6H,1-3H3,(H,17,18)(H,14,15,19);3-5H,2H2,1H3,(H2,10,12);2,12H2,1H3;2-3,8H2,1H3,(H2,9,10);6-7H,5H2,1-4H3;2-3H2,1H3;4H;;3H,2H2,1H3;2*1H4;;1-2H;2*1H2;1H/q;;;;;;;;;;;;+1;;;;/p-1/b;;;5-4-;;;;;;;;;;;;;. The van der Waals surface area contributed by atoms with Crippen molar-refractivity contribution in [2.24, 2.45) is 22.2 Å². The van der Waals surface area contributed by atoms with E-state index in [0.717, 1.165) is 6.42 Å². The van der Waals surface area contributed by atoms with Gasteiger partial charge >= 0.3 is 102 Å². The minimum Gasteiger partial charge on any atom is -0.870 e. The molecule has 0 bridgehead atoms. The number of imide groups is 1. The van der Waals surface area contributed by atoms with Gasteiger partial charge in [-0.15, -0.1) is 15.3 Å². The molecule has 716 valence electrons. The number of aromatic carboxylic acids is 1. The van der Waals surface area contributed by atoms with Crippen molar-refractivity contribution in [1.29, 1.82) is 26.8 Å². The zero-order valence-electron chi connectivity index (χ0n) is 73.0. The molecular weight excluding hydrogens is 1830 g/mol. The van der Waals surface area contributed by atoms with Gasteiger partial charge in [-0.2, -0.15) is 20.7 Å². The number of anilines is 3. The minimum absolute atomic E-state index is 0. The molecule has 55 heteroatoms. The molecule has 0 aliphatic carbocycles. The molecule has 47 nitrogen and oxygen atoms in total. The summed E-state index contributed by atoms with van der Waals surface area (Å²) in [5.74, 6) is -2.71. The number of alkyl halides is 6. The number of fused-ring (bicyclic) bond motifs is 3. The number of methoxy groups -OCH3 is 3. The number of amides is 3. The van der Waals surface area contributed by atoms with Crippen LogP contribution < -0.4 is 52.0 Å². The number of aliphatic hydroxyl groups is 2. The van der Waals surface area contributed by atoms with E-state index in [1.54, 1.807) is 168 Å². The van der Waals surface area contributed by atoms with Crippen molar-refractivity contribution < 1.29 is 147 Å². The maximum atomic E-state index is 12.9. The number of nitrogens with two attached hydrogens (primary N) is 4. The average molecular weight is 1940 g/mol. The van der Waals surface area contributed by atoms with Crippen LogP contribution in [0.4, 0.5) is 31.8 Å². The Kier molecular flexibility index (Phi) is 73.9. The molecular formula is C74H113BCl6LiN21O26. The number of hydrogen-bond donors (Lipinski definition) is 10. The number of halogens is 6. The smallest absolute Gasteiger partial charge is 0.870 e. The summed E-state index contributed by atoms with van der Waals surface area (Å²) in [6.07, 6.45) is 8.40. The number of aliphatic hydroxyl groups excluding tert-OH is 2. The third-order valence-electron chi connectivity index (χ3n) is 12.2. The third-order valence-corrected chi connectivity index (χ3v) is 13.1. The number of rotatable bonds is 18. The predicted molar refractivity (Wildman–Crippen MR) is 472 cm³/mol. The fourth-order valence-electron chi connectivity index (χ4n) is 7.61. The fraction of sp³-hybridized carbons (Fsp3) is 0.500. The van der Waals surface area contributed by atoms with Crippen molar-refractivity contribution >= 4 is 171 Å². The van der Waals surface area contributed by atoms with E-state index in [4.69, 9.17) is 177 Å². The van der Waals surface area contributed by atoms with E-state index in [9.17, 15) is 48.3 Å². The summed E-state index contributed by atoms with van der Waals surface area (Å²) in [6.45, 7) is 28.7. The molecule has 6 aromatic heterocycles. The van der Waals surface area contributed by atoms with Crippen LogP contribution in [0.25, 0.3) is 16.9 Å². The Morgan fingerprint density at radius 2 is 1.05 bits per heavy atom. The summed E-state index contributed by atoms with van der Waals surface area (Å²) < 4.78 is 63.7. The molecule has 3 amide bonds. The molecule has 7 heterocycles. The van der Waals surface area contributed by atoms with Crippen molar-refractivity contribution in [2.45, 2.75) is 175 Å². The number of nitrogens with one attached hydrogen (secondary N) is 3. The number of carbonyl (C=O) groups excluding carboxylic acids is 8. The Balaban J connectivity index is -0.000000160. The van der Waals surface area contributed by atoms with Gasteiger partial charge in [-0.1, -0.05) is 84.5 Å². The van der Waals surface area contributed by atoms with Crippen LogP contribution in [0.15, 0.2) is 82.9 Å². The first-order chi connectivity index (χ1) is 57.8.